The zero-order valence-electron chi connectivity index (χ0n) is 17.8. The van der Waals surface area contributed by atoms with Gasteiger partial charge in [0, 0.05) is 46.3 Å². The molecule has 28 heavy (non-hydrogen) atoms. The minimum absolute atomic E-state index is 0.0392. The van der Waals surface area contributed by atoms with E-state index in [4.69, 9.17) is 0 Å². The van der Waals surface area contributed by atoms with E-state index in [2.05, 4.69) is 15.2 Å². The molecule has 1 heterocycles. The second-order valence-electron chi connectivity index (χ2n) is 8.74. The third kappa shape index (κ3) is 5.06. The highest BCUT2D eigenvalue weighted by molar-refractivity contribution is 5.93. The number of carbonyl (C=O) groups is 1. The van der Waals surface area contributed by atoms with E-state index in [-0.39, 0.29) is 5.91 Å². The predicted octanol–water partition coefficient (Wildman–Crippen LogP) is 3.90. The Morgan fingerprint density at radius 1 is 1.07 bits per heavy atom. The SMILES string of the molecule is CN=C(NCc1ccc(C(=O)N(C)C)cc1)N1CCCC2(CCCCCC2)C1. The summed E-state index contributed by atoms with van der Waals surface area (Å²) in [5.74, 6) is 1.05. The molecular formula is C23H36N4O. The van der Waals surface area contributed by atoms with Gasteiger partial charge in [0.1, 0.15) is 0 Å². The average Bonchev–Trinajstić information content (AvgIpc) is 2.93. The van der Waals surface area contributed by atoms with Crippen LogP contribution < -0.4 is 5.32 Å². The molecular weight excluding hydrogens is 348 g/mol. The second kappa shape index (κ2) is 9.44. The molecule has 0 bridgehead atoms. The van der Waals surface area contributed by atoms with Gasteiger partial charge in [-0.3, -0.25) is 9.79 Å². The van der Waals surface area contributed by atoms with Crippen molar-refractivity contribution < 1.29 is 4.79 Å². The molecule has 1 saturated carbocycles. The monoisotopic (exact) mass is 384 g/mol. The summed E-state index contributed by atoms with van der Waals surface area (Å²) in [5, 5.41) is 3.55. The lowest BCUT2D eigenvalue weighted by Crippen LogP contribution is -2.50. The third-order valence-electron chi connectivity index (χ3n) is 6.39. The zero-order chi connectivity index (χ0) is 20.0. The average molecular weight is 385 g/mol. The van der Waals surface area contributed by atoms with Crippen LogP contribution in [0.3, 0.4) is 0 Å². The van der Waals surface area contributed by atoms with Crippen molar-refractivity contribution in [3.05, 3.63) is 35.4 Å². The first kappa shape index (κ1) is 20.7. The van der Waals surface area contributed by atoms with Crippen LogP contribution in [0.25, 0.3) is 0 Å². The van der Waals surface area contributed by atoms with Gasteiger partial charge in [0.15, 0.2) is 5.96 Å². The van der Waals surface area contributed by atoms with Gasteiger partial charge in [-0.25, -0.2) is 0 Å². The number of hydrogen-bond acceptors (Lipinski definition) is 2. The minimum atomic E-state index is 0.0392. The summed E-state index contributed by atoms with van der Waals surface area (Å²) in [6, 6.07) is 7.87. The van der Waals surface area contributed by atoms with Crippen molar-refractivity contribution >= 4 is 11.9 Å². The van der Waals surface area contributed by atoms with Gasteiger partial charge in [0.2, 0.25) is 0 Å². The lowest BCUT2D eigenvalue weighted by atomic mass is 9.74. The van der Waals surface area contributed by atoms with Gasteiger partial charge < -0.3 is 15.1 Å². The van der Waals surface area contributed by atoms with Crippen molar-refractivity contribution in [2.75, 3.05) is 34.2 Å². The number of hydrogen-bond donors (Lipinski definition) is 1. The Bertz CT molecular complexity index is 672. The molecule has 0 atom stereocenters. The fourth-order valence-corrected chi connectivity index (χ4v) is 4.81. The molecule has 0 radical (unpaired) electrons. The molecule has 2 fully saturated rings. The molecule has 2 aliphatic rings. The van der Waals surface area contributed by atoms with Crippen LogP contribution in [0.2, 0.25) is 0 Å². The van der Waals surface area contributed by atoms with Crippen molar-refractivity contribution in [2.45, 2.75) is 57.9 Å². The number of nitrogens with zero attached hydrogens (tertiary/aromatic N) is 3. The topological polar surface area (TPSA) is 47.9 Å². The summed E-state index contributed by atoms with van der Waals surface area (Å²) in [6.45, 7) is 2.97. The fraction of sp³-hybridized carbons (Fsp3) is 0.652. The van der Waals surface area contributed by atoms with Gasteiger partial charge in [0.25, 0.3) is 5.91 Å². The Morgan fingerprint density at radius 3 is 2.32 bits per heavy atom. The first-order chi connectivity index (χ1) is 13.5. The summed E-state index contributed by atoms with van der Waals surface area (Å²) in [6.07, 6.45) is 11.0. The van der Waals surface area contributed by atoms with Crippen molar-refractivity contribution in [3.63, 3.8) is 0 Å². The van der Waals surface area contributed by atoms with Crippen LogP contribution >= 0.6 is 0 Å². The number of carbonyl (C=O) groups excluding carboxylic acids is 1. The summed E-state index contributed by atoms with van der Waals surface area (Å²) in [5.41, 5.74) is 2.39. The van der Waals surface area contributed by atoms with Crippen molar-refractivity contribution in [2.24, 2.45) is 10.4 Å². The predicted molar refractivity (Wildman–Crippen MR) is 116 cm³/mol. The molecule has 0 aromatic heterocycles. The maximum absolute atomic E-state index is 12.0. The molecule has 1 aromatic carbocycles. The second-order valence-corrected chi connectivity index (χ2v) is 8.74. The number of aliphatic imine (C=N–C) groups is 1. The van der Waals surface area contributed by atoms with Gasteiger partial charge in [-0.15, -0.1) is 0 Å². The maximum atomic E-state index is 12.0. The Labute approximate surface area is 170 Å². The highest BCUT2D eigenvalue weighted by Crippen LogP contribution is 2.42. The van der Waals surface area contributed by atoms with Crippen LogP contribution in [0.4, 0.5) is 0 Å². The van der Waals surface area contributed by atoms with Gasteiger partial charge in [0.05, 0.1) is 0 Å². The Kier molecular flexibility index (Phi) is 6.97. The van der Waals surface area contributed by atoms with E-state index >= 15 is 0 Å². The van der Waals surface area contributed by atoms with Gasteiger partial charge in [-0.2, -0.15) is 0 Å². The number of nitrogens with one attached hydrogen (secondary N) is 1. The van der Waals surface area contributed by atoms with Crippen LogP contribution in [-0.4, -0.2) is 55.9 Å². The summed E-state index contributed by atoms with van der Waals surface area (Å²) in [7, 11) is 5.44. The Balaban J connectivity index is 1.59. The van der Waals surface area contributed by atoms with Gasteiger partial charge >= 0.3 is 0 Å². The molecule has 1 aromatic rings. The molecule has 1 saturated heterocycles. The van der Waals surface area contributed by atoms with E-state index in [9.17, 15) is 4.79 Å². The van der Waals surface area contributed by atoms with E-state index in [0.29, 0.717) is 5.41 Å². The van der Waals surface area contributed by atoms with E-state index < -0.39 is 0 Å². The minimum Gasteiger partial charge on any atom is -0.352 e. The summed E-state index contributed by atoms with van der Waals surface area (Å²) >= 11 is 0. The molecule has 5 heteroatoms. The number of piperidine rings is 1. The number of likely N-dealkylation sites (tertiary alicyclic amines) is 1. The van der Waals surface area contributed by atoms with Crippen LogP contribution in [-0.2, 0) is 6.54 Å². The molecule has 0 unspecified atom stereocenters. The third-order valence-corrected chi connectivity index (χ3v) is 6.39. The van der Waals surface area contributed by atoms with E-state index in [1.807, 2.05) is 31.3 Å². The largest absolute Gasteiger partial charge is 0.352 e. The van der Waals surface area contributed by atoms with E-state index in [0.717, 1.165) is 36.7 Å². The first-order valence-corrected chi connectivity index (χ1v) is 10.8. The summed E-state index contributed by atoms with van der Waals surface area (Å²) in [4.78, 5) is 20.7. The molecule has 154 valence electrons. The summed E-state index contributed by atoms with van der Waals surface area (Å²) < 4.78 is 0. The first-order valence-electron chi connectivity index (χ1n) is 10.8. The lowest BCUT2D eigenvalue weighted by molar-refractivity contribution is 0.0827. The Morgan fingerprint density at radius 2 is 1.71 bits per heavy atom. The highest BCUT2D eigenvalue weighted by Gasteiger charge is 2.36. The molecule has 1 aliphatic heterocycles. The van der Waals surface area contributed by atoms with Gasteiger partial charge in [-0.05, 0) is 48.8 Å². The van der Waals surface area contributed by atoms with E-state index in [1.165, 1.54) is 51.4 Å². The molecule has 1 N–H and O–H groups in total. The number of amides is 1. The van der Waals surface area contributed by atoms with Crippen LogP contribution in [0.15, 0.2) is 29.3 Å². The molecule has 5 nitrogen and oxygen atoms in total. The highest BCUT2D eigenvalue weighted by atomic mass is 16.2. The van der Waals surface area contributed by atoms with Crippen LogP contribution in [0, 0.1) is 5.41 Å². The van der Waals surface area contributed by atoms with Crippen LogP contribution in [0.5, 0.6) is 0 Å². The van der Waals surface area contributed by atoms with Crippen LogP contribution in [0.1, 0.15) is 67.3 Å². The maximum Gasteiger partial charge on any atom is 0.253 e. The number of rotatable bonds is 3. The molecule has 3 rings (SSSR count). The fourth-order valence-electron chi connectivity index (χ4n) is 4.81. The van der Waals surface area contributed by atoms with Crippen molar-refractivity contribution in [3.8, 4) is 0 Å². The molecule has 1 spiro atoms. The smallest absolute Gasteiger partial charge is 0.253 e. The van der Waals surface area contributed by atoms with Gasteiger partial charge in [-0.1, -0.05) is 37.8 Å². The van der Waals surface area contributed by atoms with E-state index in [1.54, 1.807) is 19.0 Å². The zero-order valence-corrected chi connectivity index (χ0v) is 17.8. The number of guanidine groups is 1. The quantitative estimate of drug-likeness (QED) is 0.635. The standard InChI is InChI=1S/C23H36N4O/c1-24-22(25-17-19-9-11-20(12-10-19)21(28)26(2)3)27-16-8-15-23(18-27)13-6-4-5-7-14-23/h9-12H,4-8,13-18H2,1-3H3,(H,24,25). The Hall–Kier alpha value is -2.04. The molecule has 1 aliphatic carbocycles. The normalized spacial score (nSPS) is 20.0. The number of benzene rings is 1. The molecule has 1 amide bonds. The van der Waals surface area contributed by atoms with Crippen molar-refractivity contribution in [1.82, 2.24) is 15.1 Å². The van der Waals surface area contributed by atoms with Crippen molar-refractivity contribution in [1.29, 1.82) is 0 Å². The lowest BCUT2D eigenvalue weighted by Gasteiger charge is -2.44.